The van der Waals surface area contributed by atoms with Crippen LogP contribution in [0, 0.1) is 20.8 Å². The molecular weight excluding hydrogens is 370 g/mol. The van der Waals surface area contributed by atoms with Gasteiger partial charge >= 0.3 is 0 Å². The third-order valence-corrected chi connectivity index (χ3v) is 5.26. The van der Waals surface area contributed by atoms with Crippen molar-refractivity contribution in [2.75, 3.05) is 49.9 Å². The molecule has 8 heteroatoms. The highest BCUT2D eigenvalue weighted by Crippen LogP contribution is 2.18. The summed E-state index contributed by atoms with van der Waals surface area (Å²) in [6.07, 6.45) is 0.402. The van der Waals surface area contributed by atoms with Crippen molar-refractivity contribution in [3.05, 3.63) is 41.2 Å². The Balaban J connectivity index is 1.36. The number of carbonyl (C=O) groups excluding carboxylic acids is 2. The summed E-state index contributed by atoms with van der Waals surface area (Å²) in [5.74, 6) is 1.05. The molecule has 2 aromatic rings. The minimum atomic E-state index is -0.0753. The van der Waals surface area contributed by atoms with Crippen molar-refractivity contribution in [3.63, 3.8) is 0 Å². The molecule has 1 aromatic carbocycles. The number of piperazine rings is 1. The third kappa shape index (κ3) is 6.13. The summed E-state index contributed by atoms with van der Waals surface area (Å²) < 4.78 is 4.94. The van der Waals surface area contributed by atoms with Crippen LogP contribution in [0.25, 0.3) is 0 Å². The Kier molecular flexibility index (Phi) is 7.00. The fraction of sp³-hybridized carbons (Fsp3) is 0.476. The molecule has 1 saturated heterocycles. The molecule has 0 radical (unpaired) electrons. The zero-order valence-electron chi connectivity index (χ0n) is 17.3. The van der Waals surface area contributed by atoms with Crippen molar-refractivity contribution >= 4 is 23.3 Å². The van der Waals surface area contributed by atoms with E-state index in [1.54, 1.807) is 13.0 Å². The molecule has 1 aromatic heterocycles. The largest absolute Gasteiger partial charge is 0.360 e. The summed E-state index contributed by atoms with van der Waals surface area (Å²) >= 11 is 0. The zero-order chi connectivity index (χ0) is 20.8. The first-order chi connectivity index (χ1) is 13.9. The van der Waals surface area contributed by atoms with Crippen molar-refractivity contribution in [1.82, 2.24) is 15.0 Å². The lowest BCUT2D eigenvalue weighted by atomic mass is 10.1. The van der Waals surface area contributed by atoms with E-state index in [1.165, 1.54) is 5.56 Å². The number of carbonyl (C=O) groups is 2. The van der Waals surface area contributed by atoms with E-state index in [9.17, 15) is 9.59 Å². The third-order valence-electron chi connectivity index (χ3n) is 5.26. The van der Waals surface area contributed by atoms with Gasteiger partial charge in [-0.3, -0.25) is 14.5 Å². The van der Waals surface area contributed by atoms with Gasteiger partial charge in [0.1, 0.15) is 5.76 Å². The van der Waals surface area contributed by atoms with Gasteiger partial charge in [0.25, 0.3) is 0 Å². The molecule has 1 aliphatic heterocycles. The second-order valence-electron chi connectivity index (χ2n) is 7.53. The molecule has 2 heterocycles. The van der Waals surface area contributed by atoms with Gasteiger partial charge < -0.3 is 20.1 Å². The summed E-state index contributed by atoms with van der Waals surface area (Å²) in [5, 5.41) is 9.51. The van der Waals surface area contributed by atoms with Crippen LogP contribution in [0.3, 0.4) is 0 Å². The van der Waals surface area contributed by atoms with Gasteiger partial charge in [-0.2, -0.15) is 0 Å². The van der Waals surface area contributed by atoms with Crippen LogP contribution in [0.2, 0.25) is 0 Å². The molecule has 2 amide bonds. The van der Waals surface area contributed by atoms with Crippen LogP contribution in [0.4, 0.5) is 11.5 Å². The molecule has 1 aliphatic rings. The van der Waals surface area contributed by atoms with E-state index in [-0.39, 0.29) is 11.8 Å². The van der Waals surface area contributed by atoms with Crippen molar-refractivity contribution in [3.8, 4) is 0 Å². The summed E-state index contributed by atoms with van der Waals surface area (Å²) in [6, 6.07) is 7.62. The standard InChI is InChI=1S/C21H29N5O3/c1-15-5-4-6-18(17(15)3)22-21(28)14-26-11-9-25(10-12-26)8-7-20(27)23-19-13-16(2)29-24-19/h4-6,13H,7-12,14H2,1-3H3,(H,22,28)(H,23,24,27). The second kappa shape index (κ2) is 9.67. The molecule has 0 aliphatic carbocycles. The number of nitrogens with zero attached hydrogens (tertiary/aromatic N) is 3. The van der Waals surface area contributed by atoms with E-state index < -0.39 is 0 Å². The van der Waals surface area contributed by atoms with E-state index in [4.69, 9.17) is 4.52 Å². The summed E-state index contributed by atoms with van der Waals surface area (Å²) in [4.78, 5) is 28.8. The first-order valence-corrected chi connectivity index (χ1v) is 9.94. The van der Waals surface area contributed by atoms with Crippen molar-refractivity contribution < 1.29 is 14.1 Å². The number of hydrogen-bond acceptors (Lipinski definition) is 6. The van der Waals surface area contributed by atoms with Crippen LogP contribution in [0.1, 0.15) is 23.3 Å². The van der Waals surface area contributed by atoms with Crippen LogP contribution < -0.4 is 10.6 Å². The number of rotatable bonds is 7. The van der Waals surface area contributed by atoms with Gasteiger partial charge in [0.05, 0.1) is 6.54 Å². The van der Waals surface area contributed by atoms with Gasteiger partial charge in [-0.25, -0.2) is 0 Å². The molecule has 0 bridgehead atoms. The second-order valence-corrected chi connectivity index (χ2v) is 7.53. The number of amides is 2. The summed E-state index contributed by atoms with van der Waals surface area (Å²) in [5.41, 5.74) is 3.14. The topological polar surface area (TPSA) is 90.7 Å². The van der Waals surface area contributed by atoms with Crippen LogP contribution >= 0.6 is 0 Å². The highest BCUT2D eigenvalue weighted by Gasteiger charge is 2.20. The number of nitrogens with one attached hydrogen (secondary N) is 2. The fourth-order valence-corrected chi connectivity index (χ4v) is 3.34. The Morgan fingerprint density at radius 1 is 1.03 bits per heavy atom. The monoisotopic (exact) mass is 399 g/mol. The Bertz CT molecular complexity index is 856. The number of anilines is 2. The summed E-state index contributed by atoms with van der Waals surface area (Å²) in [6.45, 7) is 10.2. The maximum absolute atomic E-state index is 12.4. The molecule has 2 N–H and O–H groups in total. The SMILES string of the molecule is Cc1cc(NC(=O)CCN2CCN(CC(=O)Nc3cccc(C)c3C)CC2)no1. The molecular formula is C21H29N5O3. The predicted molar refractivity (Wildman–Crippen MR) is 112 cm³/mol. The molecule has 8 nitrogen and oxygen atoms in total. The molecule has 3 rings (SSSR count). The van der Waals surface area contributed by atoms with Crippen molar-refractivity contribution in [2.45, 2.75) is 27.2 Å². The van der Waals surface area contributed by atoms with Crippen LogP contribution in [-0.4, -0.2) is 66.0 Å². The minimum Gasteiger partial charge on any atom is -0.360 e. The van der Waals surface area contributed by atoms with Crippen molar-refractivity contribution in [1.29, 1.82) is 0 Å². The Morgan fingerprint density at radius 2 is 1.76 bits per heavy atom. The van der Waals surface area contributed by atoms with Gasteiger partial charge in [0.15, 0.2) is 5.82 Å². The maximum Gasteiger partial charge on any atom is 0.238 e. The Labute approximate surface area is 171 Å². The van der Waals surface area contributed by atoms with E-state index in [0.717, 1.165) is 37.4 Å². The number of aryl methyl sites for hydroxylation is 2. The highest BCUT2D eigenvalue weighted by molar-refractivity contribution is 5.93. The average Bonchev–Trinajstić information content (AvgIpc) is 3.09. The molecule has 29 heavy (non-hydrogen) atoms. The maximum atomic E-state index is 12.4. The Hall–Kier alpha value is -2.71. The molecule has 0 saturated carbocycles. The number of aromatic nitrogens is 1. The molecule has 0 unspecified atom stereocenters. The van der Waals surface area contributed by atoms with Gasteiger partial charge in [-0.15, -0.1) is 0 Å². The van der Waals surface area contributed by atoms with E-state index >= 15 is 0 Å². The first kappa shape index (κ1) is 21.0. The smallest absolute Gasteiger partial charge is 0.238 e. The number of hydrogen-bond donors (Lipinski definition) is 2. The lowest BCUT2D eigenvalue weighted by Crippen LogP contribution is -2.49. The van der Waals surface area contributed by atoms with Gasteiger partial charge in [0, 0.05) is 50.9 Å². The van der Waals surface area contributed by atoms with Gasteiger partial charge in [-0.05, 0) is 38.0 Å². The molecule has 156 valence electrons. The van der Waals surface area contributed by atoms with Gasteiger partial charge in [-0.1, -0.05) is 17.3 Å². The van der Waals surface area contributed by atoms with Crippen LogP contribution in [-0.2, 0) is 9.59 Å². The Morgan fingerprint density at radius 3 is 2.45 bits per heavy atom. The lowest BCUT2D eigenvalue weighted by Gasteiger charge is -2.34. The predicted octanol–water partition coefficient (Wildman–Crippen LogP) is 2.18. The summed E-state index contributed by atoms with van der Waals surface area (Å²) in [7, 11) is 0. The minimum absolute atomic E-state index is 0.00873. The van der Waals surface area contributed by atoms with Gasteiger partial charge in [0.2, 0.25) is 11.8 Å². The van der Waals surface area contributed by atoms with E-state index in [1.807, 2.05) is 32.0 Å². The zero-order valence-corrected chi connectivity index (χ0v) is 17.3. The molecule has 0 atom stereocenters. The fourth-order valence-electron chi connectivity index (χ4n) is 3.34. The highest BCUT2D eigenvalue weighted by atomic mass is 16.5. The quantitative estimate of drug-likeness (QED) is 0.742. The average molecular weight is 399 g/mol. The molecule has 1 fully saturated rings. The normalized spacial score (nSPS) is 15.3. The van der Waals surface area contributed by atoms with Crippen molar-refractivity contribution in [2.24, 2.45) is 0 Å². The van der Waals surface area contributed by atoms with Crippen LogP contribution in [0.5, 0.6) is 0 Å². The lowest BCUT2D eigenvalue weighted by molar-refractivity contribution is -0.117. The van der Waals surface area contributed by atoms with E-state index in [2.05, 4.69) is 25.6 Å². The number of benzene rings is 1. The first-order valence-electron chi connectivity index (χ1n) is 9.94. The van der Waals surface area contributed by atoms with Crippen LogP contribution in [0.15, 0.2) is 28.8 Å². The molecule has 0 spiro atoms. The van der Waals surface area contributed by atoms with E-state index in [0.29, 0.717) is 31.1 Å².